The van der Waals surface area contributed by atoms with Gasteiger partial charge in [-0.1, -0.05) is 0 Å². The fourth-order valence-corrected chi connectivity index (χ4v) is 1.99. The molecular weight excluding hydrogens is 225 g/mol. The summed E-state index contributed by atoms with van der Waals surface area (Å²) in [6.45, 7) is 0.630. The molecule has 0 saturated carbocycles. The number of aliphatic hydroxyl groups excluding tert-OH is 1. The lowest BCUT2D eigenvalue weighted by molar-refractivity contribution is -0.883. The molecule has 0 unspecified atom stereocenters. The third-order valence-electron chi connectivity index (χ3n) is 2.99. The van der Waals surface area contributed by atoms with Crippen LogP contribution in [0.3, 0.4) is 0 Å². The maximum Gasteiger partial charge on any atom is 0.278 e. The van der Waals surface area contributed by atoms with Crippen LogP contribution in [0.15, 0.2) is 0 Å². The van der Waals surface area contributed by atoms with Crippen molar-refractivity contribution in [3.63, 3.8) is 0 Å². The van der Waals surface area contributed by atoms with Gasteiger partial charge in [0.2, 0.25) is 0 Å². The zero-order valence-electron chi connectivity index (χ0n) is 10.3. The number of nitrogens with zero attached hydrogens (tertiary/aromatic N) is 3. The van der Waals surface area contributed by atoms with Gasteiger partial charge in [-0.15, -0.1) is 0 Å². The van der Waals surface area contributed by atoms with E-state index in [-0.39, 0.29) is 32.0 Å². The molecule has 1 aliphatic heterocycles. The van der Waals surface area contributed by atoms with Crippen molar-refractivity contribution in [3.05, 3.63) is 0 Å². The topological polar surface area (TPSA) is 64.3 Å². The monoisotopic (exact) mass is 244 g/mol. The Balaban J connectivity index is 2.62. The minimum absolute atomic E-state index is 0.00626. The van der Waals surface area contributed by atoms with Crippen molar-refractivity contribution in [1.29, 1.82) is 5.26 Å². The summed E-state index contributed by atoms with van der Waals surface area (Å²) in [5.41, 5.74) is 0. The first-order valence-electron chi connectivity index (χ1n) is 5.65. The second-order valence-electron chi connectivity index (χ2n) is 5.07. The Kier molecular flexibility index (Phi) is 4.43. The van der Waals surface area contributed by atoms with Gasteiger partial charge in [0.05, 0.1) is 33.3 Å². The number of carbonyl (C=O) groups is 1. The molecule has 6 heteroatoms. The molecule has 1 N–H and O–H groups in total. The summed E-state index contributed by atoms with van der Waals surface area (Å²) >= 11 is 0. The number of aliphatic hydroxyl groups is 1. The molecular formula is C11H19FN3O2+. The van der Waals surface area contributed by atoms with Gasteiger partial charge in [-0.05, 0) is 0 Å². The molecule has 0 bridgehead atoms. The predicted octanol–water partition coefficient (Wildman–Crippen LogP) is -0.482. The lowest BCUT2D eigenvalue weighted by atomic mass is 10.2. The molecule has 0 spiro atoms. The van der Waals surface area contributed by atoms with Crippen molar-refractivity contribution in [3.8, 4) is 6.07 Å². The summed E-state index contributed by atoms with van der Waals surface area (Å²) < 4.78 is 13.5. The Morgan fingerprint density at radius 3 is 2.82 bits per heavy atom. The minimum atomic E-state index is -1.10. The zero-order chi connectivity index (χ0) is 13.1. The lowest BCUT2D eigenvalue weighted by Crippen LogP contribution is -2.51. The second kappa shape index (κ2) is 5.43. The number of alkyl halides is 1. The normalized spacial score (nSPS) is 24.8. The van der Waals surface area contributed by atoms with Crippen LogP contribution in [0.25, 0.3) is 0 Å². The van der Waals surface area contributed by atoms with Gasteiger partial charge in [0, 0.05) is 6.42 Å². The highest BCUT2D eigenvalue weighted by molar-refractivity contribution is 5.78. The molecule has 1 saturated heterocycles. The SMILES string of the molecule is C[N+](C)(CCO)CC(=O)N1C[C@@H](F)C[C@H]1C#N. The van der Waals surface area contributed by atoms with Gasteiger partial charge in [0.25, 0.3) is 5.91 Å². The Bertz CT molecular complexity index is 327. The molecule has 1 heterocycles. The number of halogens is 1. The van der Waals surface area contributed by atoms with Gasteiger partial charge < -0.3 is 14.5 Å². The van der Waals surface area contributed by atoms with Gasteiger partial charge in [0.1, 0.15) is 18.8 Å². The van der Waals surface area contributed by atoms with E-state index in [0.29, 0.717) is 11.0 Å². The smallest absolute Gasteiger partial charge is 0.278 e. The zero-order valence-corrected chi connectivity index (χ0v) is 10.3. The molecule has 1 rings (SSSR count). The van der Waals surface area contributed by atoms with Crippen molar-refractivity contribution < 1.29 is 18.8 Å². The van der Waals surface area contributed by atoms with E-state index in [1.54, 1.807) is 0 Å². The average molecular weight is 244 g/mol. The van der Waals surface area contributed by atoms with Crippen LogP contribution >= 0.6 is 0 Å². The quantitative estimate of drug-likeness (QED) is 0.679. The highest BCUT2D eigenvalue weighted by Crippen LogP contribution is 2.20. The first-order chi connectivity index (χ1) is 7.89. The largest absolute Gasteiger partial charge is 0.391 e. The number of nitriles is 1. The highest BCUT2D eigenvalue weighted by Gasteiger charge is 2.37. The third-order valence-corrected chi connectivity index (χ3v) is 2.99. The average Bonchev–Trinajstić information content (AvgIpc) is 2.58. The standard InChI is InChI=1S/C11H19FN3O2/c1-15(2,3-4-16)8-11(17)14-7-9(12)5-10(14)6-13/h9-10,16H,3-5,7-8H2,1-2H3/q+1/t9-,10-/m0/s1. The molecule has 1 fully saturated rings. The van der Waals surface area contributed by atoms with Crippen LogP contribution in [0.5, 0.6) is 0 Å². The van der Waals surface area contributed by atoms with E-state index in [2.05, 4.69) is 0 Å². The predicted molar refractivity (Wildman–Crippen MR) is 59.6 cm³/mol. The van der Waals surface area contributed by atoms with E-state index in [0.717, 1.165) is 0 Å². The Morgan fingerprint density at radius 2 is 2.29 bits per heavy atom. The number of hydrogen-bond donors (Lipinski definition) is 1. The van der Waals surface area contributed by atoms with E-state index < -0.39 is 12.2 Å². The summed E-state index contributed by atoms with van der Waals surface area (Å²) in [5, 5.41) is 17.7. The fourth-order valence-electron chi connectivity index (χ4n) is 1.99. The highest BCUT2D eigenvalue weighted by atomic mass is 19.1. The van der Waals surface area contributed by atoms with E-state index in [9.17, 15) is 9.18 Å². The molecule has 5 nitrogen and oxygen atoms in total. The third kappa shape index (κ3) is 3.65. The number of likely N-dealkylation sites (tertiary alicyclic amines) is 1. The summed E-state index contributed by atoms with van der Waals surface area (Å²) in [7, 11) is 3.64. The molecule has 96 valence electrons. The van der Waals surface area contributed by atoms with Crippen molar-refractivity contribution >= 4 is 5.91 Å². The van der Waals surface area contributed by atoms with Crippen LogP contribution in [-0.4, -0.2) is 72.9 Å². The molecule has 2 atom stereocenters. The fraction of sp³-hybridized carbons (Fsp3) is 0.818. The number of hydrogen-bond acceptors (Lipinski definition) is 3. The first-order valence-corrected chi connectivity index (χ1v) is 5.65. The van der Waals surface area contributed by atoms with Gasteiger partial charge in [-0.25, -0.2) is 4.39 Å². The van der Waals surface area contributed by atoms with Gasteiger partial charge in [-0.3, -0.25) is 4.79 Å². The number of quaternary nitrogens is 1. The van der Waals surface area contributed by atoms with Crippen molar-refractivity contribution in [1.82, 2.24) is 4.90 Å². The summed E-state index contributed by atoms with van der Waals surface area (Å²) in [6.07, 6.45) is -0.993. The minimum Gasteiger partial charge on any atom is -0.391 e. The maximum absolute atomic E-state index is 13.2. The van der Waals surface area contributed by atoms with Crippen LogP contribution in [0.4, 0.5) is 4.39 Å². The number of carbonyl (C=O) groups excluding carboxylic acids is 1. The van der Waals surface area contributed by atoms with E-state index >= 15 is 0 Å². The van der Waals surface area contributed by atoms with E-state index in [4.69, 9.17) is 10.4 Å². The number of rotatable bonds is 4. The second-order valence-corrected chi connectivity index (χ2v) is 5.07. The molecule has 0 aromatic rings. The molecule has 1 amide bonds. The van der Waals surface area contributed by atoms with Crippen LogP contribution in [-0.2, 0) is 4.79 Å². The van der Waals surface area contributed by atoms with Gasteiger partial charge in [-0.2, -0.15) is 5.26 Å². The Morgan fingerprint density at radius 1 is 1.65 bits per heavy atom. The Hall–Kier alpha value is -1.19. The molecule has 0 aliphatic carbocycles. The van der Waals surface area contributed by atoms with E-state index in [1.807, 2.05) is 20.2 Å². The summed E-state index contributed by atoms with van der Waals surface area (Å²) in [6, 6.07) is 1.31. The van der Waals surface area contributed by atoms with Gasteiger partial charge in [0.15, 0.2) is 6.54 Å². The number of likely N-dealkylation sites (N-methyl/N-ethyl adjacent to an activating group) is 1. The molecule has 0 radical (unpaired) electrons. The van der Waals surface area contributed by atoms with Crippen molar-refractivity contribution in [2.24, 2.45) is 0 Å². The lowest BCUT2D eigenvalue weighted by Gasteiger charge is -2.30. The molecule has 0 aromatic heterocycles. The Labute approximate surface area is 101 Å². The van der Waals surface area contributed by atoms with E-state index in [1.165, 1.54) is 4.90 Å². The summed E-state index contributed by atoms with van der Waals surface area (Å²) in [4.78, 5) is 13.3. The summed E-state index contributed by atoms with van der Waals surface area (Å²) in [5.74, 6) is -0.227. The first kappa shape index (κ1) is 13.9. The van der Waals surface area contributed by atoms with Gasteiger partial charge >= 0.3 is 0 Å². The van der Waals surface area contributed by atoms with Crippen molar-refractivity contribution in [2.45, 2.75) is 18.6 Å². The molecule has 17 heavy (non-hydrogen) atoms. The molecule has 1 aliphatic rings. The van der Waals surface area contributed by atoms with Crippen LogP contribution in [0, 0.1) is 11.3 Å². The van der Waals surface area contributed by atoms with Crippen LogP contribution in [0.1, 0.15) is 6.42 Å². The van der Waals surface area contributed by atoms with Crippen LogP contribution < -0.4 is 0 Å². The van der Waals surface area contributed by atoms with Crippen molar-refractivity contribution in [2.75, 3.05) is 40.3 Å². The van der Waals surface area contributed by atoms with Crippen LogP contribution in [0.2, 0.25) is 0 Å². The maximum atomic E-state index is 13.2. The number of amides is 1. The molecule has 0 aromatic carbocycles.